The highest BCUT2D eigenvalue weighted by Gasteiger charge is 2.02. The summed E-state index contributed by atoms with van der Waals surface area (Å²) in [4.78, 5) is 0.410. The second-order valence-corrected chi connectivity index (χ2v) is 1.17. The quantitative estimate of drug-likeness (QED) is 0.221. The Kier molecular flexibility index (Phi) is 1.01. The van der Waals surface area contributed by atoms with Crippen LogP contribution in [0, 0.1) is 5.21 Å². The highest BCUT2D eigenvalue weighted by atomic mass is 16.5. The van der Waals surface area contributed by atoms with E-state index in [2.05, 4.69) is 10.6 Å². The van der Waals surface area contributed by atoms with Gasteiger partial charge in [-0.05, 0) is 4.85 Å². The van der Waals surface area contributed by atoms with Crippen molar-refractivity contribution in [2.24, 2.45) is 10.9 Å². The lowest BCUT2D eigenvalue weighted by Crippen LogP contribution is -2.48. The number of rotatable bonds is 0. The molecule has 0 fully saturated rings. The van der Waals surface area contributed by atoms with Crippen LogP contribution in [0.15, 0.2) is 5.10 Å². The van der Waals surface area contributed by atoms with E-state index in [-0.39, 0.29) is 0 Å². The summed E-state index contributed by atoms with van der Waals surface area (Å²) in [7, 11) is 0. The summed E-state index contributed by atoms with van der Waals surface area (Å²) in [6.07, 6.45) is 2.48. The van der Waals surface area contributed by atoms with Crippen molar-refractivity contribution in [2.45, 2.75) is 0 Å². The van der Waals surface area contributed by atoms with Gasteiger partial charge in [-0.2, -0.15) is 16.5 Å². The molecule has 0 aromatic heterocycles. The lowest BCUT2D eigenvalue weighted by molar-refractivity contribution is -0.653. The molecule has 0 saturated carbocycles. The maximum atomic E-state index is 10.3. The Morgan fingerprint density at radius 2 is 2.62 bits per heavy atom. The van der Waals surface area contributed by atoms with Crippen LogP contribution in [0.5, 0.6) is 0 Å². The molecular formula is C2H5N5O. The van der Waals surface area contributed by atoms with E-state index in [1.807, 2.05) is 0 Å². The number of nitrogens with zero attached hydrogens (tertiary/aromatic N) is 3. The fraction of sp³-hybridized carbons (Fsp3) is 0. The minimum absolute atomic E-state index is 0.410. The third-order valence-electron chi connectivity index (χ3n) is 0.641. The fourth-order valence-corrected chi connectivity index (χ4v) is 0.299. The first kappa shape index (κ1) is 4.85. The Bertz CT molecular complexity index is 139. The smallest absolute Gasteiger partial charge is 0.230 e. The molecule has 0 aliphatic carbocycles. The van der Waals surface area contributed by atoms with E-state index in [1.165, 1.54) is 12.4 Å². The van der Waals surface area contributed by atoms with Gasteiger partial charge in [-0.3, -0.25) is 0 Å². The third-order valence-corrected chi connectivity index (χ3v) is 0.641. The van der Waals surface area contributed by atoms with Crippen molar-refractivity contribution >= 4 is 12.4 Å². The summed E-state index contributed by atoms with van der Waals surface area (Å²) in [6, 6.07) is 0. The molecule has 0 amide bonds. The minimum atomic E-state index is 0.410. The first-order valence-corrected chi connectivity index (χ1v) is 1.94. The van der Waals surface area contributed by atoms with Crippen molar-refractivity contribution in [3.05, 3.63) is 5.21 Å². The van der Waals surface area contributed by atoms with Gasteiger partial charge in [0.15, 0.2) is 0 Å². The van der Waals surface area contributed by atoms with Gasteiger partial charge in [0.2, 0.25) is 6.21 Å². The number of hydrazone groups is 2. The highest BCUT2D eigenvalue weighted by Crippen LogP contribution is 1.73. The van der Waals surface area contributed by atoms with Crippen LogP contribution in [0.3, 0.4) is 0 Å². The lowest BCUT2D eigenvalue weighted by atomic mass is 10.8. The molecule has 6 nitrogen and oxygen atoms in total. The van der Waals surface area contributed by atoms with Crippen molar-refractivity contribution in [3.8, 4) is 0 Å². The van der Waals surface area contributed by atoms with Gasteiger partial charge in [-0.15, -0.1) is 0 Å². The fourth-order valence-electron chi connectivity index (χ4n) is 0.299. The van der Waals surface area contributed by atoms with Gasteiger partial charge >= 0.3 is 0 Å². The molecule has 1 heterocycles. The van der Waals surface area contributed by atoms with Crippen molar-refractivity contribution < 1.29 is 4.85 Å². The second-order valence-electron chi connectivity index (χ2n) is 1.17. The van der Waals surface area contributed by atoms with Gasteiger partial charge in [0, 0.05) is 5.23 Å². The van der Waals surface area contributed by atoms with Crippen LogP contribution >= 0.6 is 0 Å². The summed E-state index contributed by atoms with van der Waals surface area (Å²) in [6.45, 7) is 0. The van der Waals surface area contributed by atoms with E-state index < -0.39 is 0 Å². The van der Waals surface area contributed by atoms with E-state index in [1.54, 1.807) is 0 Å². The largest absolute Gasteiger partial charge is 0.594 e. The van der Waals surface area contributed by atoms with Gasteiger partial charge in [0.05, 0.1) is 0 Å². The molecule has 3 N–H and O–H groups in total. The van der Waals surface area contributed by atoms with Crippen LogP contribution in [0.25, 0.3) is 0 Å². The predicted octanol–water partition coefficient (Wildman–Crippen LogP) is -1.84. The van der Waals surface area contributed by atoms with E-state index in [4.69, 9.17) is 5.84 Å². The normalized spacial score (nSPS) is 17.6. The van der Waals surface area contributed by atoms with Crippen LogP contribution in [-0.2, 0) is 0 Å². The van der Waals surface area contributed by atoms with Crippen LogP contribution in [0.2, 0.25) is 0 Å². The molecule has 44 valence electrons. The molecule has 1 aliphatic heterocycles. The maximum absolute atomic E-state index is 10.3. The Labute approximate surface area is 45.4 Å². The van der Waals surface area contributed by atoms with Crippen LogP contribution in [0.4, 0.5) is 0 Å². The van der Waals surface area contributed by atoms with Crippen molar-refractivity contribution in [1.29, 1.82) is 0 Å². The number of nitrogens with one attached hydrogen (secondary N) is 1. The first-order chi connectivity index (χ1) is 3.80. The molecule has 0 radical (unpaired) electrons. The number of hydrazine groups is 3. The highest BCUT2D eigenvalue weighted by molar-refractivity contribution is 6.13. The molecule has 0 aromatic rings. The average molecular weight is 115 g/mol. The molecule has 0 unspecified atom stereocenters. The SMILES string of the molecule is NN1NN=CC=[N+]1[O-]. The Hall–Kier alpha value is -1.30. The van der Waals surface area contributed by atoms with Crippen molar-refractivity contribution in [1.82, 2.24) is 10.8 Å². The van der Waals surface area contributed by atoms with Gasteiger partial charge in [0.25, 0.3) is 0 Å². The van der Waals surface area contributed by atoms with Crippen LogP contribution < -0.4 is 11.4 Å². The molecule has 1 aliphatic rings. The lowest BCUT2D eigenvalue weighted by Gasteiger charge is -2.14. The monoisotopic (exact) mass is 115 g/mol. The molecule has 0 saturated heterocycles. The molecule has 0 bridgehead atoms. The zero-order valence-corrected chi connectivity index (χ0v) is 3.98. The first-order valence-electron chi connectivity index (χ1n) is 1.94. The molecule has 6 heteroatoms. The average Bonchev–Trinajstić information content (AvgIpc) is 1.77. The van der Waals surface area contributed by atoms with Crippen molar-refractivity contribution in [2.75, 3.05) is 0 Å². The summed E-state index contributed by atoms with van der Waals surface area (Å²) in [5.41, 5.74) is 2.19. The summed E-state index contributed by atoms with van der Waals surface area (Å²) >= 11 is 0. The maximum Gasteiger partial charge on any atom is 0.230 e. The molecular weight excluding hydrogens is 110 g/mol. The van der Waals surface area contributed by atoms with Crippen molar-refractivity contribution in [3.63, 3.8) is 0 Å². The molecule has 1 rings (SSSR count). The second kappa shape index (κ2) is 1.66. The number of hydrogen-bond acceptors (Lipinski definition) is 5. The topological polar surface area (TPSA) is 79.7 Å². The molecule has 0 spiro atoms. The number of hydrogen-bond donors (Lipinski definition) is 2. The minimum Gasteiger partial charge on any atom is -0.594 e. The Balaban J connectivity index is 2.66. The van der Waals surface area contributed by atoms with Gasteiger partial charge in [0.1, 0.15) is 6.21 Å². The summed E-state index contributed by atoms with van der Waals surface area (Å²) in [5, 5.41) is 14.4. The number of nitrogens with two attached hydrogens (primary N) is 1. The predicted molar refractivity (Wildman–Crippen MR) is 27.3 cm³/mol. The molecule has 0 aromatic carbocycles. The summed E-state index contributed by atoms with van der Waals surface area (Å²) < 4.78 is 0. The standard InChI is InChI=1S/C2H5N5O/c3-7-5-4-1-2-6(7)8/h1-2,5H,3H2. The third kappa shape index (κ3) is 0.684. The van der Waals surface area contributed by atoms with E-state index >= 15 is 0 Å². The Morgan fingerprint density at radius 3 is 3.00 bits per heavy atom. The summed E-state index contributed by atoms with van der Waals surface area (Å²) in [5.74, 6) is 4.97. The van der Waals surface area contributed by atoms with Gasteiger partial charge < -0.3 is 5.21 Å². The van der Waals surface area contributed by atoms with E-state index in [0.29, 0.717) is 10.1 Å². The molecule has 0 atom stereocenters. The zero-order chi connectivity index (χ0) is 5.98. The van der Waals surface area contributed by atoms with E-state index in [0.717, 1.165) is 0 Å². The van der Waals surface area contributed by atoms with Gasteiger partial charge in [-0.25, -0.2) is 0 Å². The van der Waals surface area contributed by atoms with Gasteiger partial charge in [-0.1, -0.05) is 0 Å². The zero-order valence-electron chi connectivity index (χ0n) is 3.98. The van der Waals surface area contributed by atoms with Crippen LogP contribution in [0.1, 0.15) is 0 Å². The van der Waals surface area contributed by atoms with Crippen LogP contribution in [-0.4, -0.2) is 22.5 Å². The molecule has 8 heavy (non-hydrogen) atoms. The van der Waals surface area contributed by atoms with E-state index in [9.17, 15) is 5.21 Å². The Morgan fingerprint density at radius 1 is 1.88 bits per heavy atom.